The van der Waals surface area contributed by atoms with Crippen LogP contribution in [0.1, 0.15) is 23.2 Å². The number of carbonyl (C=O) groups is 1. The predicted molar refractivity (Wildman–Crippen MR) is 112 cm³/mol. The van der Waals surface area contributed by atoms with Crippen LogP contribution in [0.25, 0.3) is 17.0 Å². The zero-order valence-corrected chi connectivity index (χ0v) is 16.3. The smallest absolute Gasteiger partial charge is 0.185 e. The van der Waals surface area contributed by atoms with Crippen molar-refractivity contribution in [1.29, 1.82) is 0 Å². The number of carbonyl (C=O) groups excluding carboxylic acids is 1. The molecular formula is C23H20FN5O. The summed E-state index contributed by atoms with van der Waals surface area (Å²) in [6, 6.07) is 19.5. The number of anilines is 1. The van der Waals surface area contributed by atoms with Gasteiger partial charge in [-0.2, -0.15) is 4.52 Å². The van der Waals surface area contributed by atoms with Crippen LogP contribution in [0.15, 0.2) is 66.7 Å². The van der Waals surface area contributed by atoms with Crippen molar-refractivity contribution in [3.63, 3.8) is 0 Å². The van der Waals surface area contributed by atoms with Gasteiger partial charge in [-0.25, -0.2) is 4.39 Å². The van der Waals surface area contributed by atoms with Gasteiger partial charge < -0.3 is 4.90 Å². The van der Waals surface area contributed by atoms with Crippen LogP contribution in [0.5, 0.6) is 0 Å². The molecule has 0 bridgehead atoms. The molecule has 0 radical (unpaired) electrons. The molecule has 0 spiro atoms. The molecule has 7 heteroatoms. The molecule has 150 valence electrons. The van der Waals surface area contributed by atoms with Gasteiger partial charge in [-0.15, -0.1) is 15.3 Å². The highest BCUT2D eigenvalue weighted by Gasteiger charge is 2.27. The lowest BCUT2D eigenvalue weighted by molar-refractivity contribution is 0.0900. The highest BCUT2D eigenvalue weighted by molar-refractivity contribution is 5.98. The average Bonchev–Trinajstić information content (AvgIpc) is 3.23. The molecule has 0 aliphatic carbocycles. The molecule has 0 amide bonds. The van der Waals surface area contributed by atoms with E-state index in [1.165, 1.54) is 12.1 Å². The maximum absolute atomic E-state index is 13.1. The molecule has 1 saturated heterocycles. The molecule has 1 aliphatic heterocycles. The second-order valence-corrected chi connectivity index (χ2v) is 7.48. The standard InChI is InChI=1S/C23H20FN5O/c24-19-8-6-16(7-9-19)22(30)17-12-14-28(15-13-17)21-11-10-20-25-26-23(29(20)27-21)18-4-2-1-3-5-18/h1-11,17H,12-15H2. The number of hydrogen-bond donors (Lipinski definition) is 0. The average molecular weight is 401 g/mol. The van der Waals surface area contributed by atoms with Crippen molar-refractivity contribution in [3.8, 4) is 11.4 Å². The Labute approximate surface area is 173 Å². The fourth-order valence-electron chi connectivity index (χ4n) is 3.94. The van der Waals surface area contributed by atoms with Gasteiger partial charge in [0.25, 0.3) is 0 Å². The number of fused-ring (bicyclic) bond motifs is 1. The van der Waals surface area contributed by atoms with Gasteiger partial charge in [0, 0.05) is 30.1 Å². The van der Waals surface area contributed by atoms with E-state index in [1.807, 2.05) is 42.5 Å². The van der Waals surface area contributed by atoms with Crippen molar-refractivity contribution in [2.24, 2.45) is 5.92 Å². The molecule has 0 saturated carbocycles. The Bertz CT molecular complexity index is 1180. The van der Waals surface area contributed by atoms with E-state index < -0.39 is 0 Å². The SMILES string of the molecule is O=C(c1ccc(F)cc1)C1CCN(c2ccc3nnc(-c4ccccc4)n3n2)CC1. The Morgan fingerprint density at radius 1 is 0.900 bits per heavy atom. The topological polar surface area (TPSA) is 63.4 Å². The summed E-state index contributed by atoms with van der Waals surface area (Å²) in [6.07, 6.45) is 1.48. The van der Waals surface area contributed by atoms with Crippen molar-refractivity contribution >= 4 is 17.2 Å². The van der Waals surface area contributed by atoms with Crippen molar-refractivity contribution < 1.29 is 9.18 Å². The molecule has 30 heavy (non-hydrogen) atoms. The summed E-state index contributed by atoms with van der Waals surface area (Å²) in [7, 11) is 0. The zero-order chi connectivity index (χ0) is 20.5. The van der Waals surface area contributed by atoms with Gasteiger partial charge in [-0.3, -0.25) is 4.79 Å². The van der Waals surface area contributed by atoms with Crippen molar-refractivity contribution in [2.75, 3.05) is 18.0 Å². The summed E-state index contributed by atoms with van der Waals surface area (Å²) >= 11 is 0. The van der Waals surface area contributed by atoms with Crippen LogP contribution in [-0.2, 0) is 0 Å². The van der Waals surface area contributed by atoms with E-state index in [1.54, 1.807) is 16.6 Å². The molecule has 2 aromatic heterocycles. The Morgan fingerprint density at radius 2 is 1.63 bits per heavy atom. The first-order valence-electron chi connectivity index (χ1n) is 10.0. The van der Waals surface area contributed by atoms with Gasteiger partial charge in [-0.05, 0) is 49.2 Å². The van der Waals surface area contributed by atoms with Gasteiger partial charge in [0.15, 0.2) is 17.3 Å². The van der Waals surface area contributed by atoms with Crippen LogP contribution in [0.4, 0.5) is 10.2 Å². The van der Waals surface area contributed by atoms with E-state index in [9.17, 15) is 9.18 Å². The number of piperidine rings is 1. The van der Waals surface area contributed by atoms with Crippen LogP contribution < -0.4 is 4.90 Å². The van der Waals surface area contributed by atoms with Crippen molar-refractivity contribution in [2.45, 2.75) is 12.8 Å². The number of hydrogen-bond acceptors (Lipinski definition) is 5. The molecule has 0 atom stereocenters. The summed E-state index contributed by atoms with van der Waals surface area (Å²) < 4.78 is 14.9. The van der Waals surface area contributed by atoms with Gasteiger partial charge >= 0.3 is 0 Å². The first-order chi connectivity index (χ1) is 14.7. The van der Waals surface area contributed by atoms with E-state index in [-0.39, 0.29) is 17.5 Å². The molecule has 1 fully saturated rings. The largest absolute Gasteiger partial charge is 0.355 e. The summed E-state index contributed by atoms with van der Waals surface area (Å²) in [5.41, 5.74) is 2.23. The number of benzene rings is 2. The Balaban J connectivity index is 1.33. The number of nitrogens with zero attached hydrogens (tertiary/aromatic N) is 5. The minimum absolute atomic E-state index is 0.0507. The zero-order valence-electron chi connectivity index (χ0n) is 16.3. The summed E-state index contributed by atoms with van der Waals surface area (Å²) in [5.74, 6) is 1.25. The molecule has 5 rings (SSSR count). The van der Waals surface area contributed by atoms with E-state index in [2.05, 4.69) is 15.1 Å². The Kier molecular flexibility index (Phi) is 4.71. The maximum atomic E-state index is 13.1. The van der Waals surface area contributed by atoms with Crippen molar-refractivity contribution in [1.82, 2.24) is 19.8 Å². The molecule has 3 heterocycles. The van der Waals surface area contributed by atoms with E-state index in [4.69, 9.17) is 5.10 Å². The second kappa shape index (κ2) is 7.67. The quantitative estimate of drug-likeness (QED) is 0.483. The highest BCUT2D eigenvalue weighted by Crippen LogP contribution is 2.26. The lowest BCUT2D eigenvalue weighted by atomic mass is 9.89. The lowest BCUT2D eigenvalue weighted by Crippen LogP contribution is -2.37. The molecular weight excluding hydrogens is 381 g/mol. The van der Waals surface area contributed by atoms with E-state index in [0.29, 0.717) is 17.0 Å². The minimum atomic E-state index is -0.327. The summed E-state index contributed by atoms with van der Waals surface area (Å²) in [4.78, 5) is 14.9. The Morgan fingerprint density at radius 3 is 2.37 bits per heavy atom. The number of ketones is 1. The first kappa shape index (κ1) is 18.4. The highest BCUT2D eigenvalue weighted by atomic mass is 19.1. The Hall–Kier alpha value is -3.61. The van der Waals surface area contributed by atoms with Crippen molar-refractivity contribution in [3.05, 3.63) is 78.1 Å². The first-order valence-corrected chi connectivity index (χ1v) is 10.0. The second-order valence-electron chi connectivity index (χ2n) is 7.48. The third kappa shape index (κ3) is 3.43. The molecule has 6 nitrogen and oxygen atoms in total. The van der Waals surface area contributed by atoms with E-state index >= 15 is 0 Å². The molecule has 2 aromatic carbocycles. The van der Waals surface area contributed by atoms with Crippen LogP contribution >= 0.6 is 0 Å². The summed E-state index contributed by atoms with van der Waals surface area (Å²) in [5, 5.41) is 13.3. The number of aromatic nitrogens is 4. The number of halogens is 1. The lowest BCUT2D eigenvalue weighted by Gasteiger charge is -2.32. The fourth-order valence-corrected chi connectivity index (χ4v) is 3.94. The number of rotatable bonds is 4. The van der Waals surface area contributed by atoms with Gasteiger partial charge in [0.2, 0.25) is 0 Å². The van der Waals surface area contributed by atoms with Crippen LogP contribution in [0.2, 0.25) is 0 Å². The third-order valence-electron chi connectivity index (χ3n) is 5.60. The molecule has 1 aliphatic rings. The molecule has 0 N–H and O–H groups in total. The molecule has 0 unspecified atom stereocenters. The summed E-state index contributed by atoms with van der Waals surface area (Å²) in [6.45, 7) is 1.47. The normalized spacial score (nSPS) is 14.9. The monoisotopic (exact) mass is 401 g/mol. The maximum Gasteiger partial charge on any atom is 0.185 e. The molecule has 4 aromatic rings. The van der Waals surface area contributed by atoms with Gasteiger partial charge in [-0.1, -0.05) is 30.3 Å². The van der Waals surface area contributed by atoms with Gasteiger partial charge in [0.1, 0.15) is 11.6 Å². The fraction of sp³-hybridized carbons (Fsp3) is 0.217. The van der Waals surface area contributed by atoms with E-state index in [0.717, 1.165) is 37.3 Å². The van der Waals surface area contributed by atoms with Crippen LogP contribution in [0.3, 0.4) is 0 Å². The van der Waals surface area contributed by atoms with Gasteiger partial charge in [0.05, 0.1) is 0 Å². The third-order valence-corrected chi connectivity index (χ3v) is 5.60. The minimum Gasteiger partial charge on any atom is -0.355 e. The van der Waals surface area contributed by atoms with Crippen LogP contribution in [0, 0.1) is 11.7 Å². The predicted octanol–water partition coefficient (Wildman–Crippen LogP) is 4.03. The van der Waals surface area contributed by atoms with Crippen LogP contribution in [-0.4, -0.2) is 38.7 Å². The number of Topliss-reactive ketones (excluding diaryl/α,β-unsaturated/α-hetero) is 1.